The fourth-order valence-corrected chi connectivity index (χ4v) is 1.59. The van der Waals surface area contributed by atoms with Crippen LogP contribution in [0.3, 0.4) is 0 Å². The van der Waals surface area contributed by atoms with E-state index in [2.05, 4.69) is 5.32 Å². The van der Waals surface area contributed by atoms with Gasteiger partial charge in [0.15, 0.2) is 0 Å². The maximum absolute atomic E-state index is 11.2. The SMILES string of the molecule is NC(=O)C(=O)Nc1cccc2c(O)cccc12. The molecule has 2 rings (SSSR count). The van der Waals surface area contributed by atoms with Gasteiger partial charge in [0.25, 0.3) is 0 Å². The van der Waals surface area contributed by atoms with E-state index in [0.29, 0.717) is 16.5 Å². The molecule has 2 aromatic carbocycles. The zero-order valence-electron chi connectivity index (χ0n) is 8.81. The second kappa shape index (κ2) is 4.13. The molecule has 0 heterocycles. The fourth-order valence-electron chi connectivity index (χ4n) is 1.59. The molecule has 2 amide bonds. The van der Waals surface area contributed by atoms with Crippen LogP contribution in [0.1, 0.15) is 0 Å². The summed E-state index contributed by atoms with van der Waals surface area (Å²) in [4.78, 5) is 21.9. The minimum Gasteiger partial charge on any atom is -0.507 e. The van der Waals surface area contributed by atoms with Crippen LogP contribution in [0.5, 0.6) is 5.75 Å². The van der Waals surface area contributed by atoms with Crippen molar-refractivity contribution in [2.45, 2.75) is 0 Å². The summed E-state index contributed by atoms with van der Waals surface area (Å²) in [5.41, 5.74) is 5.29. The highest BCUT2D eigenvalue weighted by molar-refractivity contribution is 6.39. The topological polar surface area (TPSA) is 92.4 Å². The summed E-state index contributed by atoms with van der Waals surface area (Å²) in [6.45, 7) is 0. The Morgan fingerprint density at radius 3 is 2.41 bits per heavy atom. The Hall–Kier alpha value is -2.56. The lowest BCUT2D eigenvalue weighted by Crippen LogP contribution is -2.29. The van der Waals surface area contributed by atoms with E-state index in [1.165, 1.54) is 0 Å². The lowest BCUT2D eigenvalue weighted by atomic mass is 10.1. The number of hydrogen-bond acceptors (Lipinski definition) is 3. The van der Waals surface area contributed by atoms with Crippen LogP contribution in [-0.2, 0) is 9.59 Å². The van der Waals surface area contributed by atoms with Gasteiger partial charge in [0.1, 0.15) is 5.75 Å². The quantitative estimate of drug-likeness (QED) is 0.637. The van der Waals surface area contributed by atoms with Gasteiger partial charge in [0.2, 0.25) is 0 Å². The summed E-state index contributed by atoms with van der Waals surface area (Å²) in [5, 5.41) is 13.3. The van der Waals surface area contributed by atoms with Crippen molar-refractivity contribution in [2.24, 2.45) is 5.73 Å². The average molecular weight is 230 g/mol. The summed E-state index contributed by atoms with van der Waals surface area (Å²) in [6.07, 6.45) is 0. The molecule has 0 aromatic heterocycles. The van der Waals surface area contributed by atoms with Gasteiger partial charge >= 0.3 is 11.8 Å². The molecule has 2 aromatic rings. The number of carbonyl (C=O) groups is 2. The minimum atomic E-state index is -1.05. The predicted octanol–water partition coefficient (Wildman–Crippen LogP) is 0.969. The number of rotatable bonds is 1. The van der Waals surface area contributed by atoms with Gasteiger partial charge in [-0.25, -0.2) is 0 Å². The number of carbonyl (C=O) groups excluding carboxylic acids is 2. The summed E-state index contributed by atoms with van der Waals surface area (Å²) in [7, 11) is 0. The lowest BCUT2D eigenvalue weighted by Gasteiger charge is -2.07. The molecule has 0 aliphatic carbocycles. The number of nitrogens with one attached hydrogen (secondary N) is 1. The number of nitrogens with two attached hydrogens (primary N) is 1. The van der Waals surface area contributed by atoms with Crippen molar-refractivity contribution >= 4 is 28.3 Å². The van der Waals surface area contributed by atoms with Crippen LogP contribution >= 0.6 is 0 Å². The van der Waals surface area contributed by atoms with Crippen LogP contribution < -0.4 is 11.1 Å². The number of aromatic hydroxyl groups is 1. The van der Waals surface area contributed by atoms with Gasteiger partial charge in [0, 0.05) is 16.5 Å². The number of phenolic OH excluding ortho intramolecular Hbond substituents is 1. The number of anilines is 1. The van der Waals surface area contributed by atoms with E-state index in [0.717, 1.165) is 0 Å². The molecule has 0 spiro atoms. The van der Waals surface area contributed by atoms with Crippen molar-refractivity contribution in [2.75, 3.05) is 5.32 Å². The molecule has 5 nitrogen and oxygen atoms in total. The van der Waals surface area contributed by atoms with E-state index in [9.17, 15) is 14.7 Å². The summed E-state index contributed by atoms with van der Waals surface area (Å²) < 4.78 is 0. The Bertz CT molecular complexity index is 608. The molecular weight excluding hydrogens is 220 g/mol. The van der Waals surface area contributed by atoms with Gasteiger partial charge < -0.3 is 16.2 Å². The Balaban J connectivity index is 2.52. The number of benzene rings is 2. The molecule has 4 N–H and O–H groups in total. The Morgan fingerprint density at radius 1 is 1.06 bits per heavy atom. The van der Waals surface area contributed by atoms with Gasteiger partial charge in [-0.15, -0.1) is 0 Å². The van der Waals surface area contributed by atoms with Crippen LogP contribution in [0.15, 0.2) is 36.4 Å². The van der Waals surface area contributed by atoms with Crippen molar-refractivity contribution < 1.29 is 14.7 Å². The third kappa shape index (κ3) is 2.03. The Kier molecular flexibility index (Phi) is 2.66. The van der Waals surface area contributed by atoms with Crippen LogP contribution in [0.2, 0.25) is 0 Å². The van der Waals surface area contributed by atoms with E-state index < -0.39 is 11.8 Å². The number of hydrogen-bond donors (Lipinski definition) is 3. The van der Waals surface area contributed by atoms with E-state index in [1.807, 2.05) is 0 Å². The third-order valence-corrected chi connectivity index (χ3v) is 2.37. The monoisotopic (exact) mass is 230 g/mol. The van der Waals surface area contributed by atoms with E-state index in [1.54, 1.807) is 36.4 Å². The number of phenols is 1. The van der Waals surface area contributed by atoms with Crippen LogP contribution in [0.25, 0.3) is 10.8 Å². The molecule has 0 saturated heterocycles. The maximum Gasteiger partial charge on any atom is 0.313 e. The highest BCUT2D eigenvalue weighted by atomic mass is 16.3. The van der Waals surface area contributed by atoms with Crippen molar-refractivity contribution in [3.63, 3.8) is 0 Å². The lowest BCUT2D eigenvalue weighted by molar-refractivity contribution is -0.134. The molecular formula is C12H10N2O3. The second-order valence-electron chi connectivity index (χ2n) is 3.50. The van der Waals surface area contributed by atoms with Crippen molar-refractivity contribution in [1.82, 2.24) is 0 Å². The first-order valence-corrected chi connectivity index (χ1v) is 4.91. The normalized spacial score (nSPS) is 10.1. The molecule has 0 unspecified atom stereocenters. The first kappa shape index (κ1) is 10.9. The van der Waals surface area contributed by atoms with E-state index in [-0.39, 0.29) is 5.75 Å². The summed E-state index contributed by atoms with van der Waals surface area (Å²) in [6, 6.07) is 9.93. The van der Waals surface area contributed by atoms with Crippen molar-refractivity contribution in [3.05, 3.63) is 36.4 Å². The van der Waals surface area contributed by atoms with Crippen molar-refractivity contribution in [3.8, 4) is 5.75 Å². The average Bonchev–Trinajstić information content (AvgIpc) is 2.30. The summed E-state index contributed by atoms with van der Waals surface area (Å²) >= 11 is 0. The molecule has 0 atom stereocenters. The highest BCUT2D eigenvalue weighted by Gasteiger charge is 2.11. The Morgan fingerprint density at radius 2 is 1.71 bits per heavy atom. The van der Waals surface area contributed by atoms with Gasteiger partial charge in [-0.1, -0.05) is 24.3 Å². The van der Waals surface area contributed by atoms with Gasteiger partial charge in [-0.3, -0.25) is 9.59 Å². The third-order valence-electron chi connectivity index (χ3n) is 2.37. The van der Waals surface area contributed by atoms with Crippen LogP contribution in [0.4, 0.5) is 5.69 Å². The smallest absolute Gasteiger partial charge is 0.313 e. The van der Waals surface area contributed by atoms with Gasteiger partial charge in [-0.2, -0.15) is 0 Å². The predicted molar refractivity (Wildman–Crippen MR) is 63.4 cm³/mol. The van der Waals surface area contributed by atoms with E-state index >= 15 is 0 Å². The van der Waals surface area contributed by atoms with Gasteiger partial charge in [0.05, 0.1) is 0 Å². The highest BCUT2D eigenvalue weighted by Crippen LogP contribution is 2.29. The molecule has 0 bridgehead atoms. The van der Waals surface area contributed by atoms with E-state index in [4.69, 9.17) is 5.73 Å². The number of fused-ring (bicyclic) bond motifs is 1. The van der Waals surface area contributed by atoms with Crippen LogP contribution in [0, 0.1) is 0 Å². The zero-order valence-corrected chi connectivity index (χ0v) is 8.81. The fraction of sp³-hybridized carbons (Fsp3) is 0. The standard InChI is InChI=1S/C12H10N2O3/c13-11(16)12(17)14-9-5-1-4-8-7(9)3-2-6-10(8)15/h1-6,15H,(H2,13,16)(H,14,17). The second-order valence-corrected chi connectivity index (χ2v) is 3.50. The maximum atomic E-state index is 11.2. The molecule has 86 valence electrons. The minimum absolute atomic E-state index is 0.109. The first-order valence-electron chi connectivity index (χ1n) is 4.91. The summed E-state index contributed by atoms with van der Waals surface area (Å²) in [5.74, 6) is -1.83. The first-order chi connectivity index (χ1) is 8.09. The van der Waals surface area contributed by atoms with Crippen molar-refractivity contribution in [1.29, 1.82) is 0 Å². The van der Waals surface area contributed by atoms with Gasteiger partial charge in [-0.05, 0) is 12.1 Å². The number of primary amides is 1. The Labute approximate surface area is 96.8 Å². The molecule has 0 aliphatic rings. The number of amides is 2. The molecule has 0 radical (unpaired) electrons. The molecule has 0 fully saturated rings. The molecule has 0 aliphatic heterocycles. The molecule has 17 heavy (non-hydrogen) atoms. The molecule has 5 heteroatoms. The zero-order chi connectivity index (χ0) is 12.4. The largest absolute Gasteiger partial charge is 0.507 e. The molecule has 0 saturated carbocycles. The van der Waals surface area contributed by atoms with Crippen LogP contribution in [-0.4, -0.2) is 16.9 Å².